The van der Waals surface area contributed by atoms with Crippen molar-refractivity contribution >= 4 is 23.5 Å². The first-order valence-corrected chi connectivity index (χ1v) is 6.70. The summed E-state index contributed by atoms with van der Waals surface area (Å²) in [7, 11) is 0. The summed E-state index contributed by atoms with van der Waals surface area (Å²) in [6.07, 6.45) is -5.68. The number of esters is 1. The van der Waals surface area contributed by atoms with Crippen LogP contribution < -0.4 is 4.74 Å². The summed E-state index contributed by atoms with van der Waals surface area (Å²) in [5, 5.41) is 8.46. The van der Waals surface area contributed by atoms with Crippen LogP contribution in [-0.4, -0.2) is 29.0 Å². The molecule has 0 saturated heterocycles. The lowest BCUT2D eigenvalue weighted by Gasteiger charge is -2.21. The fourth-order valence-electron chi connectivity index (χ4n) is 1.68. The van der Waals surface area contributed by atoms with Gasteiger partial charge in [-0.25, -0.2) is 4.79 Å². The Hall–Kier alpha value is -1.96. The second-order valence-electron chi connectivity index (χ2n) is 5.52. The molecule has 23 heavy (non-hydrogen) atoms. The van der Waals surface area contributed by atoms with E-state index < -0.39 is 52.2 Å². The maximum atomic E-state index is 12.4. The molecule has 1 aromatic carbocycles. The molecule has 1 aromatic rings. The van der Waals surface area contributed by atoms with Gasteiger partial charge in [0.1, 0.15) is 11.4 Å². The molecule has 0 aliphatic heterocycles. The Balaban J connectivity index is 3.26. The molecule has 1 rings (SSSR count). The van der Waals surface area contributed by atoms with Crippen molar-refractivity contribution in [1.29, 1.82) is 0 Å². The average molecular weight is 355 g/mol. The van der Waals surface area contributed by atoms with Gasteiger partial charge in [-0.3, -0.25) is 4.79 Å². The van der Waals surface area contributed by atoms with Gasteiger partial charge in [-0.2, -0.15) is 0 Å². The van der Waals surface area contributed by atoms with Crippen LogP contribution in [0.1, 0.15) is 36.7 Å². The summed E-state index contributed by atoms with van der Waals surface area (Å²) in [6, 6.07) is 1.66. The Morgan fingerprint density at radius 1 is 1.22 bits per heavy atom. The van der Waals surface area contributed by atoms with Crippen molar-refractivity contribution in [3.05, 3.63) is 28.3 Å². The minimum absolute atomic E-state index is 0.404. The molecule has 0 saturated carbocycles. The highest BCUT2D eigenvalue weighted by Crippen LogP contribution is 2.34. The molecule has 0 aliphatic rings. The molecule has 0 fully saturated rings. The number of halogens is 4. The molecule has 0 radical (unpaired) electrons. The molecule has 0 aromatic heterocycles. The zero-order valence-electron chi connectivity index (χ0n) is 12.5. The molecule has 0 atom stereocenters. The standard InChI is InChI=1S/C14H14ClF3O5/c1-13(2,3)23-10(19)6-8-9(22-14(16,17)18)5-4-7(11(8)15)12(20)21/h4-5H,6H2,1-3H3,(H,20,21). The molecule has 0 spiro atoms. The molecule has 0 heterocycles. The number of alkyl halides is 3. The predicted octanol–water partition coefficient (Wildman–Crippen LogP) is 3.82. The number of aromatic carboxylic acids is 1. The van der Waals surface area contributed by atoms with E-state index in [9.17, 15) is 22.8 Å². The minimum atomic E-state index is -5.02. The van der Waals surface area contributed by atoms with Crippen molar-refractivity contribution in [1.82, 2.24) is 0 Å². The van der Waals surface area contributed by atoms with Crippen LogP contribution >= 0.6 is 11.6 Å². The van der Waals surface area contributed by atoms with Crippen molar-refractivity contribution in [2.75, 3.05) is 0 Å². The number of rotatable bonds is 4. The number of carboxylic acid groups (broad SMARTS) is 1. The smallest absolute Gasteiger partial charge is 0.478 e. The number of carbonyl (C=O) groups is 2. The highest BCUT2D eigenvalue weighted by molar-refractivity contribution is 6.34. The van der Waals surface area contributed by atoms with E-state index in [1.54, 1.807) is 20.8 Å². The third-order valence-corrected chi connectivity index (χ3v) is 2.83. The van der Waals surface area contributed by atoms with Gasteiger partial charge < -0.3 is 14.6 Å². The Morgan fingerprint density at radius 3 is 2.22 bits per heavy atom. The van der Waals surface area contributed by atoms with Gasteiger partial charge in [-0.1, -0.05) is 11.6 Å². The summed E-state index contributed by atoms with van der Waals surface area (Å²) >= 11 is 5.82. The molecule has 128 valence electrons. The van der Waals surface area contributed by atoms with Crippen LogP contribution in [0.25, 0.3) is 0 Å². The molecule has 0 bridgehead atoms. The van der Waals surface area contributed by atoms with E-state index in [-0.39, 0.29) is 0 Å². The first-order chi connectivity index (χ1) is 10.3. The lowest BCUT2D eigenvalue weighted by atomic mass is 10.1. The molecule has 9 heteroatoms. The van der Waals surface area contributed by atoms with Crippen LogP contribution in [-0.2, 0) is 16.0 Å². The normalized spacial score (nSPS) is 12.0. The maximum Gasteiger partial charge on any atom is 0.573 e. The SMILES string of the molecule is CC(C)(C)OC(=O)Cc1c(OC(F)(F)F)ccc(C(=O)O)c1Cl. The fourth-order valence-corrected chi connectivity index (χ4v) is 1.98. The minimum Gasteiger partial charge on any atom is -0.478 e. The van der Waals surface area contributed by atoms with Gasteiger partial charge in [0.25, 0.3) is 0 Å². The second-order valence-corrected chi connectivity index (χ2v) is 5.90. The summed E-state index contributed by atoms with van der Waals surface area (Å²) in [5.74, 6) is -3.06. The van der Waals surface area contributed by atoms with Gasteiger partial charge in [0, 0.05) is 5.56 Å². The number of benzene rings is 1. The monoisotopic (exact) mass is 354 g/mol. The third-order valence-electron chi connectivity index (χ3n) is 2.40. The van der Waals surface area contributed by atoms with Crippen LogP contribution in [0, 0.1) is 0 Å². The van der Waals surface area contributed by atoms with Crippen LogP contribution in [0.15, 0.2) is 12.1 Å². The molecule has 0 unspecified atom stereocenters. The highest BCUT2D eigenvalue weighted by atomic mass is 35.5. The van der Waals surface area contributed by atoms with Gasteiger partial charge >= 0.3 is 18.3 Å². The van der Waals surface area contributed by atoms with Crippen molar-refractivity contribution < 1.29 is 37.3 Å². The van der Waals surface area contributed by atoms with E-state index in [0.717, 1.165) is 12.1 Å². The third kappa shape index (κ3) is 5.97. The van der Waals surface area contributed by atoms with E-state index in [2.05, 4.69) is 4.74 Å². The zero-order chi connectivity index (χ0) is 18.0. The van der Waals surface area contributed by atoms with E-state index in [0.29, 0.717) is 0 Å². The molecular weight excluding hydrogens is 341 g/mol. The quantitative estimate of drug-likeness (QED) is 0.832. The lowest BCUT2D eigenvalue weighted by molar-refractivity contribution is -0.275. The first-order valence-electron chi connectivity index (χ1n) is 6.32. The van der Waals surface area contributed by atoms with Crippen molar-refractivity contribution in [3.63, 3.8) is 0 Å². The number of carbonyl (C=O) groups excluding carboxylic acids is 1. The van der Waals surface area contributed by atoms with Gasteiger partial charge in [0.2, 0.25) is 0 Å². The van der Waals surface area contributed by atoms with E-state index >= 15 is 0 Å². The van der Waals surface area contributed by atoms with Gasteiger partial charge in [0.15, 0.2) is 0 Å². The van der Waals surface area contributed by atoms with E-state index in [4.69, 9.17) is 21.4 Å². The first kappa shape index (κ1) is 19.1. The lowest BCUT2D eigenvalue weighted by Crippen LogP contribution is -2.26. The summed E-state index contributed by atoms with van der Waals surface area (Å²) < 4.78 is 46.1. The second kappa shape index (κ2) is 6.66. The van der Waals surface area contributed by atoms with Crippen molar-refractivity contribution in [2.45, 2.75) is 39.2 Å². The number of hydrogen-bond donors (Lipinski definition) is 1. The molecular formula is C14H14ClF3O5. The van der Waals surface area contributed by atoms with Gasteiger partial charge in [-0.15, -0.1) is 13.2 Å². The van der Waals surface area contributed by atoms with Gasteiger partial charge in [0.05, 0.1) is 17.0 Å². The Morgan fingerprint density at radius 2 is 1.78 bits per heavy atom. The van der Waals surface area contributed by atoms with E-state index in [1.807, 2.05) is 0 Å². The van der Waals surface area contributed by atoms with Crippen LogP contribution in [0.3, 0.4) is 0 Å². The largest absolute Gasteiger partial charge is 0.573 e. The molecule has 0 aliphatic carbocycles. The predicted molar refractivity (Wildman–Crippen MR) is 74.6 cm³/mol. The molecule has 1 N–H and O–H groups in total. The van der Waals surface area contributed by atoms with E-state index in [1.165, 1.54) is 0 Å². The summed E-state index contributed by atoms with van der Waals surface area (Å²) in [6.45, 7) is 4.73. The number of ether oxygens (including phenoxy) is 2. The van der Waals surface area contributed by atoms with Gasteiger partial charge in [-0.05, 0) is 32.9 Å². The maximum absolute atomic E-state index is 12.4. The Kier molecular flexibility index (Phi) is 5.52. The zero-order valence-corrected chi connectivity index (χ0v) is 13.2. The Labute approximate surface area is 134 Å². The summed E-state index contributed by atoms with van der Waals surface area (Å²) in [4.78, 5) is 22.8. The Bertz CT molecular complexity index is 620. The summed E-state index contributed by atoms with van der Waals surface area (Å²) in [5.41, 5.74) is -1.71. The number of hydrogen-bond acceptors (Lipinski definition) is 4. The molecule has 0 amide bonds. The van der Waals surface area contributed by atoms with Crippen LogP contribution in [0.5, 0.6) is 5.75 Å². The van der Waals surface area contributed by atoms with Crippen molar-refractivity contribution in [3.8, 4) is 5.75 Å². The fraction of sp³-hybridized carbons (Fsp3) is 0.429. The van der Waals surface area contributed by atoms with Crippen molar-refractivity contribution in [2.24, 2.45) is 0 Å². The average Bonchev–Trinajstić information content (AvgIpc) is 2.29. The number of carboxylic acids is 1. The van der Waals surface area contributed by atoms with Crippen LogP contribution in [0.2, 0.25) is 5.02 Å². The topological polar surface area (TPSA) is 72.8 Å². The van der Waals surface area contributed by atoms with Crippen LogP contribution in [0.4, 0.5) is 13.2 Å². The highest BCUT2D eigenvalue weighted by Gasteiger charge is 2.34. The molecule has 5 nitrogen and oxygen atoms in total.